The van der Waals surface area contributed by atoms with Gasteiger partial charge in [0.05, 0.1) is 11.0 Å². The van der Waals surface area contributed by atoms with E-state index in [-0.39, 0.29) is 0 Å². The van der Waals surface area contributed by atoms with Gasteiger partial charge < -0.3 is 17.8 Å². The Morgan fingerprint density at radius 3 is 1.69 bits per heavy atom. The zero-order chi connectivity index (χ0) is 37.9. The van der Waals surface area contributed by atoms with Gasteiger partial charge in [0.15, 0.2) is 0 Å². The minimum atomic E-state index is 0.895. The first-order valence-electron chi connectivity index (χ1n) is 20.0. The molecule has 0 spiro atoms. The molecule has 1 aliphatic rings. The van der Waals surface area contributed by atoms with Crippen molar-refractivity contribution in [2.75, 3.05) is 0 Å². The average Bonchev–Trinajstić information content (AvgIpc) is 4.04. The Morgan fingerprint density at radius 1 is 0.397 bits per heavy atom. The normalized spacial score (nSPS) is 13.0. The van der Waals surface area contributed by atoms with E-state index in [1.54, 1.807) is 0 Å². The smallest absolute Gasteiger partial charge is 0.136 e. The van der Waals surface area contributed by atoms with Gasteiger partial charge in [0.25, 0.3) is 0 Å². The van der Waals surface area contributed by atoms with E-state index in [0.717, 1.165) is 101 Å². The molecule has 4 heteroatoms. The van der Waals surface area contributed by atoms with Crippen LogP contribution in [0.2, 0.25) is 0 Å². The summed E-state index contributed by atoms with van der Waals surface area (Å²) in [6.45, 7) is 0. The molecular weight excluding hydrogens is 711 g/mol. The van der Waals surface area contributed by atoms with E-state index in [9.17, 15) is 0 Å². The van der Waals surface area contributed by atoms with Crippen LogP contribution in [0.4, 0.5) is 0 Å². The van der Waals surface area contributed by atoms with Crippen LogP contribution >= 0.6 is 0 Å². The Balaban J connectivity index is 1.03. The largest absolute Gasteiger partial charge is 0.456 e. The molecule has 4 aromatic heterocycles. The van der Waals surface area contributed by atoms with Crippen LogP contribution < -0.4 is 0 Å². The molecule has 4 nitrogen and oxygen atoms in total. The minimum Gasteiger partial charge on any atom is -0.456 e. The molecule has 0 amide bonds. The summed E-state index contributed by atoms with van der Waals surface area (Å²) in [7, 11) is 0. The van der Waals surface area contributed by atoms with E-state index >= 15 is 0 Å². The predicted octanol–water partition coefficient (Wildman–Crippen LogP) is 15.3. The maximum Gasteiger partial charge on any atom is 0.136 e. The summed E-state index contributed by atoms with van der Waals surface area (Å²) in [4.78, 5) is 0. The molecule has 12 aromatic rings. The van der Waals surface area contributed by atoms with Gasteiger partial charge in [0, 0.05) is 49.0 Å². The van der Waals surface area contributed by atoms with Crippen molar-refractivity contribution in [3.63, 3.8) is 0 Å². The standard InChI is InChI=1S/C54H33NO3/c1-4-16-47-39(9-1)42-26-21-33(31-52(42)58-47)32-19-24-36(25-20-32)55-45-14-7-12-37(34-22-27-50-43(29-34)40-10-2-5-17-48(40)56-50)53(45)54-38(13-8-15-46(54)55)35-23-28-51-44(30-35)41-11-3-6-18-49(41)57-51/h1-2,4-10,12-31H,3,11H2. The Kier molecular flexibility index (Phi) is 6.53. The maximum absolute atomic E-state index is 6.31. The molecule has 272 valence electrons. The molecule has 4 heterocycles. The molecule has 0 aliphatic heterocycles. The third kappa shape index (κ3) is 4.57. The van der Waals surface area contributed by atoms with Crippen LogP contribution in [0.1, 0.15) is 17.7 Å². The highest BCUT2D eigenvalue weighted by Gasteiger charge is 2.22. The van der Waals surface area contributed by atoms with Gasteiger partial charge >= 0.3 is 0 Å². The average molecular weight is 744 g/mol. The summed E-state index contributed by atoms with van der Waals surface area (Å²) in [6.07, 6.45) is 6.35. The van der Waals surface area contributed by atoms with Crippen molar-refractivity contribution in [3.05, 3.63) is 181 Å². The molecule has 0 atom stereocenters. The van der Waals surface area contributed by atoms with Crippen LogP contribution in [0.5, 0.6) is 0 Å². The Hall–Kier alpha value is -7.56. The summed E-state index contributed by atoms with van der Waals surface area (Å²) < 4.78 is 21.3. The second-order valence-electron chi connectivity index (χ2n) is 15.5. The van der Waals surface area contributed by atoms with Crippen molar-refractivity contribution >= 4 is 82.7 Å². The predicted molar refractivity (Wildman–Crippen MR) is 239 cm³/mol. The van der Waals surface area contributed by atoms with Gasteiger partial charge in [-0.15, -0.1) is 0 Å². The van der Waals surface area contributed by atoms with Crippen molar-refractivity contribution in [2.45, 2.75) is 12.8 Å². The number of allylic oxidation sites excluding steroid dienone is 1. The summed E-state index contributed by atoms with van der Waals surface area (Å²) in [6, 6.07) is 58.8. The Morgan fingerprint density at radius 2 is 0.966 bits per heavy atom. The van der Waals surface area contributed by atoms with Gasteiger partial charge in [0.2, 0.25) is 0 Å². The highest BCUT2D eigenvalue weighted by molar-refractivity contribution is 6.21. The highest BCUT2D eigenvalue weighted by Crippen LogP contribution is 2.45. The lowest BCUT2D eigenvalue weighted by molar-refractivity contribution is 0.595. The van der Waals surface area contributed by atoms with Crippen molar-refractivity contribution in [2.24, 2.45) is 0 Å². The molecular formula is C54H33NO3. The third-order valence-electron chi connectivity index (χ3n) is 12.3. The summed E-state index contributed by atoms with van der Waals surface area (Å²) in [5, 5.41) is 8.17. The first kappa shape index (κ1) is 31.6. The molecule has 0 saturated heterocycles. The van der Waals surface area contributed by atoms with Crippen molar-refractivity contribution in [1.29, 1.82) is 0 Å². The summed E-state index contributed by atoms with van der Waals surface area (Å²) >= 11 is 0. The molecule has 8 aromatic carbocycles. The lowest BCUT2D eigenvalue weighted by atomic mass is 9.93. The number of hydrogen-bond acceptors (Lipinski definition) is 3. The van der Waals surface area contributed by atoms with Crippen LogP contribution in [0.3, 0.4) is 0 Å². The van der Waals surface area contributed by atoms with Gasteiger partial charge in [-0.1, -0.05) is 97.1 Å². The van der Waals surface area contributed by atoms with E-state index in [1.165, 1.54) is 38.4 Å². The lowest BCUT2D eigenvalue weighted by Gasteiger charge is -2.10. The summed E-state index contributed by atoms with van der Waals surface area (Å²) in [5.41, 5.74) is 16.2. The molecule has 0 saturated carbocycles. The van der Waals surface area contributed by atoms with Crippen LogP contribution in [0, 0.1) is 0 Å². The molecule has 1 aliphatic carbocycles. The van der Waals surface area contributed by atoms with Gasteiger partial charge in [-0.05, 0) is 125 Å². The van der Waals surface area contributed by atoms with Gasteiger partial charge in [-0.2, -0.15) is 0 Å². The fourth-order valence-electron chi connectivity index (χ4n) is 9.62. The van der Waals surface area contributed by atoms with Gasteiger partial charge in [-0.3, -0.25) is 0 Å². The number of hydrogen-bond donors (Lipinski definition) is 0. The molecule has 0 bridgehead atoms. The monoisotopic (exact) mass is 743 g/mol. The van der Waals surface area contributed by atoms with Crippen LogP contribution in [0.25, 0.3) is 122 Å². The molecule has 13 rings (SSSR count). The second kappa shape index (κ2) is 12.0. The van der Waals surface area contributed by atoms with Crippen LogP contribution in [-0.2, 0) is 6.42 Å². The van der Waals surface area contributed by atoms with Crippen molar-refractivity contribution in [1.82, 2.24) is 4.57 Å². The van der Waals surface area contributed by atoms with Crippen molar-refractivity contribution < 1.29 is 13.3 Å². The number of nitrogens with zero attached hydrogens (tertiary/aromatic N) is 1. The highest BCUT2D eigenvalue weighted by atomic mass is 16.3. The Labute approximate surface area is 332 Å². The first-order chi connectivity index (χ1) is 28.7. The molecule has 0 unspecified atom stereocenters. The molecule has 58 heavy (non-hydrogen) atoms. The SMILES string of the molecule is C1=Cc2oc3ccc(-c4cccc5c4c4c(-c6ccc7oc8ccccc8c7c6)cccc4n5-c4ccc(-c5ccc6c(c5)oc5ccccc56)cc4)cc3c2CC1. The fraction of sp³-hybridized carbons (Fsp3) is 0.0370. The number of rotatable bonds is 4. The van der Waals surface area contributed by atoms with E-state index in [0.29, 0.717) is 0 Å². The number of fused-ring (bicyclic) bond motifs is 12. The second-order valence-corrected chi connectivity index (χ2v) is 15.5. The number of furan rings is 3. The molecule has 0 radical (unpaired) electrons. The van der Waals surface area contributed by atoms with Crippen molar-refractivity contribution in [3.8, 4) is 39.1 Å². The Bertz CT molecular complexity index is 3680. The van der Waals surface area contributed by atoms with E-state index < -0.39 is 0 Å². The van der Waals surface area contributed by atoms with Crippen LogP contribution in [0.15, 0.2) is 183 Å². The third-order valence-corrected chi connectivity index (χ3v) is 12.3. The van der Waals surface area contributed by atoms with E-state index in [1.807, 2.05) is 24.3 Å². The zero-order valence-corrected chi connectivity index (χ0v) is 31.3. The lowest BCUT2D eigenvalue weighted by Crippen LogP contribution is -1.94. The molecule has 0 N–H and O–H groups in total. The van der Waals surface area contributed by atoms with E-state index in [4.69, 9.17) is 13.3 Å². The van der Waals surface area contributed by atoms with Gasteiger partial charge in [0.1, 0.15) is 33.7 Å². The first-order valence-corrected chi connectivity index (χ1v) is 20.0. The number of aryl methyl sites for hydroxylation is 1. The summed E-state index contributed by atoms with van der Waals surface area (Å²) in [5.74, 6) is 0.985. The molecule has 0 fully saturated rings. The fourth-order valence-corrected chi connectivity index (χ4v) is 9.62. The topological polar surface area (TPSA) is 44.4 Å². The van der Waals surface area contributed by atoms with E-state index in [2.05, 4.69) is 156 Å². The number of benzene rings is 8. The minimum absolute atomic E-state index is 0.895. The van der Waals surface area contributed by atoms with Gasteiger partial charge in [-0.25, -0.2) is 0 Å². The number of aromatic nitrogens is 1. The number of para-hydroxylation sites is 2. The van der Waals surface area contributed by atoms with Crippen LogP contribution in [-0.4, -0.2) is 4.57 Å². The zero-order valence-electron chi connectivity index (χ0n) is 31.3. The maximum atomic E-state index is 6.31. The quantitative estimate of drug-likeness (QED) is 0.180.